The third kappa shape index (κ3) is 0.991. The van der Waals surface area contributed by atoms with Crippen LogP contribution in [0.25, 0.3) is 10.9 Å². The van der Waals surface area contributed by atoms with Gasteiger partial charge in [0.05, 0.1) is 17.4 Å². The molecule has 0 aliphatic heterocycles. The lowest BCUT2D eigenvalue weighted by molar-refractivity contribution is 1.12. The van der Waals surface area contributed by atoms with E-state index in [0.717, 1.165) is 16.6 Å². The van der Waals surface area contributed by atoms with Crippen LogP contribution in [0.2, 0.25) is 0 Å². The lowest BCUT2D eigenvalue weighted by Gasteiger charge is -1.96. The first-order valence-corrected chi connectivity index (χ1v) is 4.00. The van der Waals surface area contributed by atoms with Gasteiger partial charge in [-0.15, -0.1) is 0 Å². The number of fused-ring (bicyclic) bond motifs is 1. The zero-order chi connectivity index (χ0) is 7.68. The smallest absolute Gasteiger partial charge is 0.0671 e. The van der Waals surface area contributed by atoms with Gasteiger partial charge in [-0.1, -0.05) is 6.07 Å². The molecule has 0 spiro atoms. The number of anilines is 1. The van der Waals surface area contributed by atoms with Crippen molar-refractivity contribution >= 4 is 32.7 Å². The normalized spacial score (nSPS) is 10.3. The van der Waals surface area contributed by atoms with Crippen LogP contribution in [-0.2, 0) is 0 Å². The van der Waals surface area contributed by atoms with E-state index in [1.54, 1.807) is 6.20 Å². The minimum absolute atomic E-state index is 1.02. The van der Waals surface area contributed by atoms with E-state index in [0.29, 0.717) is 0 Å². The zero-order valence-corrected chi connectivity index (χ0v) is 7.22. The van der Waals surface area contributed by atoms with Gasteiger partial charge in [0.15, 0.2) is 0 Å². The molecule has 4 heteroatoms. The standard InChI is InChI=1S/C7H6BrN3/c8-10-6-2-1-3-7-5(6)4-9-11-7/h1-4,10H,(H,9,11). The Balaban J connectivity index is 2.79. The molecule has 2 rings (SSSR count). The Bertz CT molecular complexity index is 368. The third-order valence-corrected chi connectivity index (χ3v) is 2.01. The first-order chi connectivity index (χ1) is 5.42. The monoisotopic (exact) mass is 211 g/mol. The van der Waals surface area contributed by atoms with E-state index in [1.165, 1.54) is 0 Å². The topological polar surface area (TPSA) is 40.7 Å². The number of rotatable bonds is 1. The molecule has 0 unspecified atom stereocenters. The molecule has 0 aliphatic rings. The summed E-state index contributed by atoms with van der Waals surface area (Å²) in [6, 6.07) is 5.92. The van der Waals surface area contributed by atoms with Crippen molar-refractivity contribution in [3.63, 3.8) is 0 Å². The van der Waals surface area contributed by atoms with Crippen molar-refractivity contribution in [2.45, 2.75) is 0 Å². The summed E-state index contributed by atoms with van der Waals surface area (Å²) in [6.07, 6.45) is 1.79. The Morgan fingerprint density at radius 1 is 1.45 bits per heavy atom. The van der Waals surface area contributed by atoms with Crippen molar-refractivity contribution in [2.24, 2.45) is 0 Å². The van der Waals surface area contributed by atoms with Crippen LogP contribution in [0.5, 0.6) is 0 Å². The van der Waals surface area contributed by atoms with Crippen LogP contribution < -0.4 is 4.34 Å². The number of nitrogens with zero attached hydrogens (tertiary/aromatic N) is 1. The fraction of sp³-hybridized carbons (Fsp3) is 0. The highest BCUT2D eigenvalue weighted by Gasteiger charge is 1.98. The average Bonchev–Trinajstić information content (AvgIpc) is 2.50. The largest absolute Gasteiger partial charge is 0.322 e. The highest BCUT2D eigenvalue weighted by molar-refractivity contribution is 9.10. The molecule has 0 bridgehead atoms. The van der Waals surface area contributed by atoms with E-state index in [2.05, 4.69) is 30.7 Å². The van der Waals surface area contributed by atoms with E-state index >= 15 is 0 Å². The minimum Gasteiger partial charge on any atom is -0.322 e. The highest BCUT2D eigenvalue weighted by Crippen LogP contribution is 2.21. The first kappa shape index (κ1) is 6.67. The molecule has 0 atom stereocenters. The van der Waals surface area contributed by atoms with Crippen molar-refractivity contribution in [3.05, 3.63) is 24.4 Å². The number of H-pyrrole nitrogens is 1. The zero-order valence-electron chi connectivity index (χ0n) is 5.63. The summed E-state index contributed by atoms with van der Waals surface area (Å²) < 4.78 is 2.91. The Morgan fingerprint density at radius 2 is 2.36 bits per heavy atom. The number of aromatic amines is 1. The number of nitrogens with one attached hydrogen (secondary N) is 2. The van der Waals surface area contributed by atoms with Gasteiger partial charge in [0.25, 0.3) is 0 Å². The summed E-state index contributed by atoms with van der Waals surface area (Å²) in [5.41, 5.74) is 2.06. The van der Waals surface area contributed by atoms with Crippen molar-refractivity contribution in [2.75, 3.05) is 4.34 Å². The van der Waals surface area contributed by atoms with Gasteiger partial charge in [0.1, 0.15) is 0 Å². The third-order valence-electron chi connectivity index (χ3n) is 1.59. The van der Waals surface area contributed by atoms with Gasteiger partial charge in [0, 0.05) is 21.5 Å². The minimum atomic E-state index is 1.02. The Morgan fingerprint density at radius 3 is 3.18 bits per heavy atom. The number of aromatic nitrogens is 2. The van der Waals surface area contributed by atoms with Gasteiger partial charge in [-0.05, 0) is 12.1 Å². The van der Waals surface area contributed by atoms with Crippen LogP contribution in [-0.4, -0.2) is 10.2 Å². The average molecular weight is 212 g/mol. The molecule has 0 aliphatic carbocycles. The molecule has 56 valence electrons. The second-order valence-corrected chi connectivity index (χ2v) is 2.63. The molecule has 0 saturated carbocycles. The van der Waals surface area contributed by atoms with Crippen molar-refractivity contribution < 1.29 is 0 Å². The fourth-order valence-electron chi connectivity index (χ4n) is 1.05. The lowest BCUT2D eigenvalue weighted by atomic mass is 10.2. The van der Waals surface area contributed by atoms with Gasteiger partial charge < -0.3 is 4.34 Å². The van der Waals surface area contributed by atoms with Crippen molar-refractivity contribution in [1.82, 2.24) is 10.2 Å². The Kier molecular flexibility index (Phi) is 1.54. The van der Waals surface area contributed by atoms with Gasteiger partial charge in [-0.25, -0.2) is 0 Å². The molecule has 2 aromatic rings. The maximum atomic E-state index is 3.92. The molecular formula is C7H6BrN3. The van der Waals surface area contributed by atoms with Crippen LogP contribution in [0.3, 0.4) is 0 Å². The molecular weight excluding hydrogens is 206 g/mol. The molecule has 0 saturated heterocycles. The maximum absolute atomic E-state index is 3.92. The van der Waals surface area contributed by atoms with Gasteiger partial charge in [-0.2, -0.15) is 5.10 Å². The second-order valence-electron chi connectivity index (χ2n) is 2.23. The number of halogens is 1. The summed E-state index contributed by atoms with van der Waals surface area (Å²) in [7, 11) is 0. The van der Waals surface area contributed by atoms with Gasteiger partial charge >= 0.3 is 0 Å². The quantitative estimate of drug-likeness (QED) is 0.712. The molecule has 2 N–H and O–H groups in total. The Labute approximate surface area is 72.1 Å². The number of hydrogen-bond donors (Lipinski definition) is 2. The molecule has 1 aromatic heterocycles. The van der Waals surface area contributed by atoms with Gasteiger partial charge in [-0.3, -0.25) is 5.10 Å². The van der Waals surface area contributed by atoms with Crippen molar-refractivity contribution in [3.8, 4) is 0 Å². The SMILES string of the molecule is BrNc1cccc2[nH]ncc12. The molecule has 0 amide bonds. The summed E-state index contributed by atoms with van der Waals surface area (Å²) in [6.45, 7) is 0. The van der Waals surface area contributed by atoms with Crippen LogP contribution in [0, 0.1) is 0 Å². The van der Waals surface area contributed by atoms with Gasteiger partial charge in [0.2, 0.25) is 0 Å². The molecule has 0 fully saturated rings. The van der Waals surface area contributed by atoms with Crippen LogP contribution in [0.4, 0.5) is 5.69 Å². The second kappa shape index (κ2) is 2.54. The molecule has 11 heavy (non-hydrogen) atoms. The Hall–Kier alpha value is -1.03. The summed E-state index contributed by atoms with van der Waals surface area (Å²) in [5.74, 6) is 0. The summed E-state index contributed by atoms with van der Waals surface area (Å²) in [4.78, 5) is 0. The lowest BCUT2D eigenvalue weighted by Crippen LogP contribution is -1.78. The van der Waals surface area contributed by atoms with Crippen LogP contribution in [0.15, 0.2) is 24.4 Å². The van der Waals surface area contributed by atoms with E-state index in [-0.39, 0.29) is 0 Å². The summed E-state index contributed by atoms with van der Waals surface area (Å²) in [5, 5.41) is 7.89. The number of hydrogen-bond acceptors (Lipinski definition) is 2. The predicted molar refractivity (Wildman–Crippen MR) is 48.6 cm³/mol. The molecule has 0 radical (unpaired) electrons. The van der Waals surface area contributed by atoms with Crippen molar-refractivity contribution in [1.29, 1.82) is 0 Å². The fourth-order valence-corrected chi connectivity index (χ4v) is 1.40. The van der Waals surface area contributed by atoms with E-state index < -0.39 is 0 Å². The predicted octanol–water partition coefficient (Wildman–Crippen LogP) is 2.28. The molecule has 3 nitrogen and oxygen atoms in total. The van der Waals surface area contributed by atoms with E-state index in [4.69, 9.17) is 0 Å². The summed E-state index contributed by atoms with van der Waals surface area (Å²) >= 11 is 3.17. The maximum Gasteiger partial charge on any atom is 0.0671 e. The van der Waals surface area contributed by atoms with E-state index in [1.807, 2.05) is 18.2 Å². The molecule has 1 heterocycles. The first-order valence-electron chi connectivity index (χ1n) is 3.20. The molecule has 1 aromatic carbocycles. The van der Waals surface area contributed by atoms with E-state index in [9.17, 15) is 0 Å². The van der Waals surface area contributed by atoms with Crippen LogP contribution >= 0.6 is 16.1 Å². The highest BCUT2D eigenvalue weighted by atomic mass is 79.9. The van der Waals surface area contributed by atoms with Crippen LogP contribution in [0.1, 0.15) is 0 Å². The number of benzene rings is 1.